The smallest absolute Gasteiger partial charge is 0.409 e. The molecule has 1 aromatic rings. The molecule has 9 heteroatoms. The van der Waals surface area contributed by atoms with Gasteiger partial charge >= 0.3 is 6.09 Å². The van der Waals surface area contributed by atoms with Crippen LogP contribution >= 0.6 is 0 Å². The van der Waals surface area contributed by atoms with E-state index in [0.29, 0.717) is 69.6 Å². The first kappa shape index (κ1) is 23.1. The minimum absolute atomic E-state index is 0.000444. The summed E-state index contributed by atoms with van der Waals surface area (Å²) in [6.45, 7) is 9.04. The Morgan fingerprint density at radius 2 is 1.87 bits per heavy atom. The van der Waals surface area contributed by atoms with Crippen molar-refractivity contribution in [1.29, 1.82) is 0 Å². The Balaban J connectivity index is 1.57. The van der Waals surface area contributed by atoms with Crippen molar-refractivity contribution in [2.45, 2.75) is 46.1 Å². The first-order valence-electron chi connectivity index (χ1n) is 11.1. The lowest BCUT2D eigenvalue weighted by molar-refractivity contribution is -0.133. The SMILES string of the molecule is CCOC(=O)N1CCN(C(=O)CCN(CC2CCCO2)C(=O)c2cc(C)oc2C)CC1. The van der Waals surface area contributed by atoms with Gasteiger partial charge in [-0.25, -0.2) is 4.79 Å². The summed E-state index contributed by atoms with van der Waals surface area (Å²) in [5.74, 6) is 1.12. The molecule has 2 fully saturated rings. The van der Waals surface area contributed by atoms with Gasteiger partial charge in [-0.3, -0.25) is 9.59 Å². The van der Waals surface area contributed by atoms with Crippen LogP contribution in [0.2, 0.25) is 0 Å². The van der Waals surface area contributed by atoms with E-state index < -0.39 is 0 Å². The molecule has 0 saturated carbocycles. The highest BCUT2D eigenvalue weighted by atomic mass is 16.6. The fourth-order valence-electron chi connectivity index (χ4n) is 4.07. The molecule has 0 radical (unpaired) electrons. The van der Waals surface area contributed by atoms with Crippen LogP contribution in [0, 0.1) is 13.8 Å². The van der Waals surface area contributed by atoms with Gasteiger partial charge in [0.1, 0.15) is 11.5 Å². The fraction of sp³-hybridized carbons (Fsp3) is 0.682. The molecule has 0 spiro atoms. The Morgan fingerprint density at radius 1 is 1.16 bits per heavy atom. The van der Waals surface area contributed by atoms with Crippen LogP contribution in [-0.4, -0.2) is 91.2 Å². The van der Waals surface area contributed by atoms with Gasteiger partial charge in [-0.15, -0.1) is 0 Å². The van der Waals surface area contributed by atoms with Crippen LogP contribution in [0.25, 0.3) is 0 Å². The lowest BCUT2D eigenvalue weighted by Crippen LogP contribution is -2.51. The molecule has 172 valence electrons. The maximum atomic E-state index is 13.2. The molecule has 0 aromatic carbocycles. The normalized spacial score (nSPS) is 18.9. The van der Waals surface area contributed by atoms with Gasteiger partial charge in [0, 0.05) is 52.3 Å². The summed E-state index contributed by atoms with van der Waals surface area (Å²) in [4.78, 5) is 42.8. The van der Waals surface area contributed by atoms with Gasteiger partial charge in [-0.2, -0.15) is 0 Å². The minimum atomic E-state index is -0.339. The van der Waals surface area contributed by atoms with Gasteiger partial charge in [-0.05, 0) is 39.7 Å². The lowest BCUT2D eigenvalue weighted by atomic mass is 10.1. The molecule has 0 N–H and O–H groups in total. The van der Waals surface area contributed by atoms with Crippen molar-refractivity contribution >= 4 is 17.9 Å². The first-order chi connectivity index (χ1) is 14.9. The zero-order chi connectivity index (χ0) is 22.4. The first-order valence-corrected chi connectivity index (χ1v) is 11.1. The number of aryl methyl sites for hydroxylation is 2. The third-order valence-electron chi connectivity index (χ3n) is 5.76. The Morgan fingerprint density at radius 3 is 2.45 bits per heavy atom. The van der Waals surface area contributed by atoms with Crippen molar-refractivity contribution in [2.24, 2.45) is 0 Å². The van der Waals surface area contributed by atoms with Crippen molar-refractivity contribution in [1.82, 2.24) is 14.7 Å². The molecule has 1 unspecified atom stereocenters. The van der Waals surface area contributed by atoms with E-state index in [-0.39, 0.29) is 30.4 Å². The number of piperazine rings is 1. The standard InChI is InChI=1S/C22H33N3O6/c1-4-29-22(28)24-11-9-23(10-12-24)20(26)7-8-25(15-18-6-5-13-30-18)21(27)19-14-16(2)31-17(19)3/h14,18H,4-13,15H2,1-3H3. The summed E-state index contributed by atoms with van der Waals surface area (Å²) in [7, 11) is 0. The van der Waals surface area contributed by atoms with Crippen molar-refractivity contribution in [3.05, 3.63) is 23.2 Å². The molecule has 31 heavy (non-hydrogen) atoms. The summed E-state index contributed by atoms with van der Waals surface area (Å²) in [6.07, 6.45) is 1.79. The molecule has 9 nitrogen and oxygen atoms in total. The van der Waals surface area contributed by atoms with Crippen LogP contribution in [0.3, 0.4) is 0 Å². The maximum Gasteiger partial charge on any atom is 0.409 e. The third kappa shape index (κ3) is 6.00. The molecule has 0 bridgehead atoms. The Bertz CT molecular complexity index is 778. The third-order valence-corrected chi connectivity index (χ3v) is 5.76. The molecule has 2 aliphatic rings. The topological polar surface area (TPSA) is 92.5 Å². The summed E-state index contributed by atoms with van der Waals surface area (Å²) in [5.41, 5.74) is 0.533. The summed E-state index contributed by atoms with van der Waals surface area (Å²) in [6, 6.07) is 1.75. The van der Waals surface area contributed by atoms with Crippen LogP contribution in [0.4, 0.5) is 4.79 Å². The van der Waals surface area contributed by atoms with Gasteiger partial charge < -0.3 is 28.6 Å². The van der Waals surface area contributed by atoms with E-state index in [9.17, 15) is 14.4 Å². The van der Waals surface area contributed by atoms with Gasteiger partial charge in [0.25, 0.3) is 5.91 Å². The number of hydrogen-bond acceptors (Lipinski definition) is 6. The predicted molar refractivity (Wildman–Crippen MR) is 113 cm³/mol. The highest BCUT2D eigenvalue weighted by Crippen LogP contribution is 2.19. The van der Waals surface area contributed by atoms with Crippen LogP contribution < -0.4 is 0 Å². The monoisotopic (exact) mass is 435 g/mol. The van der Waals surface area contributed by atoms with Crippen molar-refractivity contribution in [2.75, 3.05) is 52.5 Å². The average molecular weight is 436 g/mol. The lowest BCUT2D eigenvalue weighted by Gasteiger charge is -2.34. The Labute approximate surface area is 183 Å². The number of hydrogen-bond donors (Lipinski definition) is 0. The van der Waals surface area contributed by atoms with Crippen LogP contribution in [0.15, 0.2) is 10.5 Å². The maximum absolute atomic E-state index is 13.2. The van der Waals surface area contributed by atoms with Gasteiger partial charge in [0.05, 0.1) is 18.3 Å². The summed E-state index contributed by atoms with van der Waals surface area (Å²) >= 11 is 0. The number of carbonyl (C=O) groups excluding carboxylic acids is 3. The second-order valence-corrected chi connectivity index (χ2v) is 8.03. The number of rotatable bonds is 7. The van der Waals surface area contributed by atoms with Crippen molar-refractivity contribution < 1.29 is 28.3 Å². The Hall–Kier alpha value is -2.55. The second-order valence-electron chi connectivity index (χ2n) is 8.03. The van der Waals surface area contributed by atoms with Crippen LogP contribution in [0.5, 0.6) is 0 Å². The number of amides is 3. The summed E-state index contributed by atoms with van der Waals surface area (Å²) < 4.78 is 16.3. The van der Waals surface area contributed by atoms with Gasteiger partial charge in [0.2, 0.25) is 5.91 Å². The van der Waals surface area contributed by atoms with Crippen LogP contribution in [-0.2, 0) is 14.3 Å². The van der Waals surface area contributed by atoms with Crippen molar-refractivity contribution in [3.8, 4) is 0 Å². The molecule has 1 aromatic heterocycles. The highest BCUT2D eigenvalue weighted by molar-refractivity contribution is 5.95. The van der Waals surface area contributed by atoms with Gasteiger partial charge in [-0.1, -0.05) is 0 Å². The largest absolute Gasteiger partial charge is 0.466 e. The summed E-state index contributed by atoms with van der Waals surface area (Å²) in [5, 5.41) is 0. The molecular weight excluding hydrogens is 402 g/mol. The molecular formula is C22H33N3O6. The highest BCUT2D eigenvalue weighted by Gasteiger charge is 2.28. The average Bonchev–Trinajstić information content (AvgIpc) is 3.39. The van der Waals surface area contributed by atoms with E-state index >= 15 is 0 Å². The quantitative estimate of drug-likeness (QED) is 0.652. The van der Waals surface area contributed by atoms with E-state index in [2.05, 4.69) is 0 Å². The molecule has 2 aliphatic heterocycles. The molecule has 3 heterocycles. The molecule has 2 saturated heterocycles. The van der Waals surface area contributed by atoms with E-state index in [1.54, 1.807) is 34.6 Å². The predicted octanol–water partition coefficient (Wildman–Crippen LogP) is 2.21. The van der Waals surface area contributed by atoms with E-state index in [1.165, 1.54) is 0 Å². The zero-order valence-electron chi connectivity index (χ0n) is 18.7. The van der Waals surface area contributed by atoms with Gasteiger partial charge in [0.15, 0.2) is 0 Å². The number of furan rings is 1. The molecule has 3 rings (SSSR count). The number of nitrogens with zero attached hydrogens (tertiary/aromatic N) is 3. The second kappa shape index (κ2) is 10.7. The molecule has 1 atom stereocenters. The Kier molecular flexibility index (Phi) is 7.95. The van der Waals surface area contributed by atoms with Crippen LogP contribution in [0.1, 0.15) is 48.1 Å². The molecule has 3 amide bonds. The minimum Gasteiger partial charge on any atom is -0.466 e. The zero-order valence-corrected chi connectivity index (χ0v) is 18.7. The fourth-order valence-corrected chi connectivity index (χ4v) is 4.07. The van der Waals surface area contributed by atoms with E-state index in [1.807, 2.05) is 6.92 Å². The van der Waals surface area contributed by atoms with Crippen molar-refractivity contribution in [3.63, 3.8) is 0 Å². The van der Waals surface area contributed by atoms with E-state index in [4.69, 9.17) is 13.9 Å². The molecule has 0 aliphatic carbocycles. The number of carbonyl (C=O) groups is 3. The number of ether oxygens (including phenoxy) is 2. The van der Waals surface area contributed by atoms with E-state index in [0.717, 1.165) is 12.8 Å².